The van der Waals surface area contributed by atoms with Crippen molar-refractivity contribution in [3.8, 4) is 22.6 Å². The second kappa shape index (κ2) is 14.3. The number of sulfone groups is 1. The maximum atomic E-state index is 14.1. The highest BCUT2D eigenvalue weighted by Gasteiger charge is 2.54. The number of nitrogens with zero attached hydrogens (tertiary/aromatic N) is 1. The third-order valence-electron chi connectivity index (χ3n) is 11.2. The number of piperidine rings is 1. The average Bonchev–Trinajstić information content (AvgIpc) is 4.08. The molecular formula is C38H49N3O9S2. The highest BCUT2D eigenvalue weighted by atomic mass is 32.2. The van der Waals surface area contributed by atoms with E-state index >= 15 is 0 Å². The summed E-state index contributed by atoms with van der Waals surface area (Å²) in [6.45, 7) is 3.01. The van der Waals surface area contributed by atoms with E-state index in [4.69, 9.17) is 19.9 Å². The first-order valence-corrected chi connectivity index (χ1v) is 21.1. The summed E-state index contributed by atoms with van der Waals surface area (Å²) < 4.78 is 72.3. The lowest BCUT2D eigenvalue weighted by Crippen LogP contribution is -2.47. The van der Waals surface area contributed by atoms with Crippen LogP contribution in [0.5, 0.6) is 11.5 Å². The Labute approximate surface area is 306 Å². The van der Waals surface area contributed by atoms with Crippen molar-refractivity contribution in [2.75, 3.05) is 46.1 Å². The third-order valence-corrected chi connectivity index (χ3v) is 15.6. The molecule has 1 spiro atoms. The topological polar surface area (TPSA) is 178 Å². The summed E-state index contributed by atoms with van der Waals surface area (Å²) in [7, 11) is -7.55. The summed E-state index contributed by atoms with van der Waals surface area (Å²) in [5, 5.41) is 23.6. The molecule has 2 saturated carbocycles. The molecule has 2 atom stereocenters. The van der Waals surface area contributed by atoms with Crippen molar-refractivity contribution in [2.45, 2.75) is 89.7 Å². The van der Waals surface area contributed by atoms with Crippen LogP contribution < -0.4 is 20.5 Å². The van der Waals surface area contributed by atoms with Gasteiger partial charge in [-0.3, -0.25) is 0 Å². The minimum absolute atomic E-state index is 0.0267. The number of benzene rings is 3. The SMILES string of the molecule is CCOc1ccc(-c2ccc(C3(N)CC3)cc2)cc1S(=O)(=O)N1CCC2(CC1)CC(NCC(O)COc1cccc(S(=O)(=O)C3(CO)CC3)c1)CO2. The number of ether oxygens (including phenoxy) is 3. The smallest absolute Gasteiger partial charge is 0.246 e. The van der Waals surface area contributed by atoms with Gasteiger partial charge in [0.25, 0.3) is 0 Å². The van der Waals surface area contributed by atoms with Crippen LogP contribution in [0, 0.1) is 0 Å². The third kappa shape index (κ3) is 7.36. The number of nitrogens with one attached hydrogen (secondary N) is 1. The van der Waals surface area contributed by atoms with Crippen LogP contribution in [-0.4, -0.2) is 99.9 Å². The molecule has 0 bridgehead atoms. The minimum atomic E-state index is -3.87. The highest BCUT2D eigenvalue weighted by molar-refractivity contribution is 7.93. The van der Waals surface area contributed by atoms with Crippen molar-refractivity contribution in [3.63, 3.8) is 0 Å². The van der Waals surface area contributed by atoms with Gasteiger partial charge in [-0.15, -0.1) is 0 Å². The molecule has 7 rings (SSSR count). The molecule has 52 heavy (non-hydrogen) atoms. The van der Waals surface area contributed by atoms with Gasteiger partial charge in [-0.1, -0.05) is 36.4 Å². The number of hydrogen-bond acceptors (Lipinski definition) is 11. The van der Waals surface area contributed by atoms with Crippen molar-refractivity contribution in [1.82, 2.24) is 9.62 Å². The summed E-state index contributed by atoms with van der Waals surface area (Å²) in [4.78, 5) is 0.248. The molecule has 4 fully saturated rings. The van der Waals surface area contributed by atoms with Crippen LogP contribution in [0.15, 0.2) is 76.5 Å². The molecule has 0 aromatic heterocycles. The second-order valence-electron chi connectivity index (χ2n) is 14.8. The van der Waals surface area contributed by atoms with Crippen LogP contribution in [0.1, 0.15) is 57.4 Å². The molecule has 2 saturated heterocycles. The number of hydrogen-bond donors (Lipinski definition) is 4. The first kappa shape index (κ1) is 37.2. The highest BCUT2D eigenvalue weighted by Crippen LogP contribution is 2.47. The molecule has 2 aliphatic heterocycles. The first-order chi connectivity index (χ1) is 24.8. The van der Waals surface area contributed by atoms with Crippen LogP contribution in [0.25, 0.3) is 11.1 Å². The van der Waals surface area contributed by atoms with Crippen LogP contribution in [0.4, 0.5) is 0 Å². The van der Waals surface area contributed by atoms with E-state index in [0.717, 1.165) is 29.5 Å². The number of nitrogens with two attached hydrogens (primary N) is 1. The number of aliphatic hydroxyl groups is 2. The van der Waals surface area contributed by atoms with E-state index in [9.17, 15) is 27.0 Å². The normalized spacial score (nSPS) is 22.6. The molecule has 2 heterocycles. The maximum Gasteiger partial charge on any atom is 0.246 e. The van der Waals surface area contributed by atoms with Gasteiger partial charge in [0.15, 0.2) is 9.84 Å². The summed E-state index contributed by atoms with van der Waals surface area (Å²) in [5.74, 6) is 0.656. The zero-order valence-electron chi connectivity index (χ0n) is 29.5. The van der Waals surface area contributed by atoms with Crippen molar-refractivity contribution < 1.29 is 41.3 Å². The lowest BCUT2D eigenvalue weighted by atomic mass is 9.88. The zero-order valence-corrected chi connectivity index (χ0v) is 31.1. The fourth-order valence-corrected chi connectivity index (χ4v) is 10.8. The van der Waals surface area contributed by atoms with Gasteiger partial charge in [0.05, 0.1) is 35.1 Å². The molecule has 2 aliphatic carbocycles. The molecule has 4 aliphatic rings. The quantitative estimate of drug-likeness (QED) is 0.179. The maximum absolute atomic E-state index is 14.1. The molecule has 2 unspecified atom stereocenters. The molecule has 0 radical (unpaired) electrons. The van der Waals surface area contributed by atoms with E-state index < -0.39 is 42.9 Å². The van der Waals surface area contributed by atoms with Gasteiger partial charge in [0, 0.05) is 31.2 Å². The summed E-state index contributed by atoms with van der Waals surface area (Å²) in [5.41, 5.74) is 8.45. The second-order valence-corrected chi connectivity index (χ2v) is 19.1. The Morgan fingerprint density at radius 3 is 2.31 bits per heavy atom. The Balaban J connectivity index is 0.921. The van der Waals surface area contributed by atoms with E-state index in [-0.39, 0.29) is 34.5 Å². The van der Waals surface area contributed by atoms with Gasteiger partial charge in [-0.25, -0.2) is 16.8 Å². The van der Waals surface area contributed by atoms with Gasteiger partial charge in [-0.05, 0) is 98.9 Å². The lowest BCUT2D eigenvalue weighted by molar-refractivity contribution is -0.0312. The summed E-state index contributed by atoms with van der Waals surface area (Å²) in [6.07, 6.45) is 3.71. The van der Waals surface area contributed by atoms with Crippen molar-refractivity contribution in [1.29, 1.82) is 0 Å². The Kier molecular flexibility index (Phi) is 10.2. The molecular weight excluding hydrogens is 707 g/mol. The van der Waals surface area contributed by atoms with Gasteiger partial charge in [0.1, 0.15) is 29.1 Å². The van der Waals surface area contributed by atoms with E-state index in [0.29, 0.717) is 69.9 Å². The Morgan fingerprint density at radius 2 is 1.65 bits per heavy atom. The zero-order chi connectivity index (χ0) is 36.8. The monoisotopic (exact) mass is 755 g/mol. The summed E-state index contributed by atoms with van der Waals surface area (Å²) in [6, 6.07) is 19.5. The predicted octanol–water partition coefficient (Wildman–Crippen LogP) is 3.34. The fourth-order valence-electron chi connectivity index (χ4n) is 7.37. The number of rotatable bonds is 15. The van der Waals surface area contributed by atoms with E-state index in [1.807, 2.05) is 37.3 Å². The van der Waals surface area contributed by atoms with Crippen molar-refractivity contribution >= 4 is 19.9 Å². The van der Waals surface area contributed by atoms with Gasteiger partial charge in [-0.2, -0.15) is 4.31 Å². The molecule has 3 aromatic rings. The van der Waals surface area contributed by atoms with E-state index in [1.165, 1.54) is 16.4 Å². The molecule has 12 nitrogen and oxygen atoms in total. The van der Waals surface area contributed by atoms with Gasteiger partial charge >= 0.3 is 0 Å². The average molecular weight is 756 g/mol. The van der Waals surface area contributed by atoms with Crippen LogP contribution in [0.3, 0.4) is 0 Å². The Bertz CT molecular complexity index is 1970. The predicted molar refractivity (Wildman–Crippen MR) is 195 cm³/mol. The Hall–Kier alpha value is -3.08. The number of aliphatic hydroxyl groups excluding tert-OH is 2. The van der Waals surface area contributed by atoms with Crippen LogP contribution in [-0.2, 0) is 30.1 Å². The minimum Gasteiger partial charge on any atom is -0.492 e. The molecule has 5 N–H and O–H groups in total. The molecule has 3 aromatic carbocycles. The largest absolute Gasteiger partial charge is 0.492 e. The molecule has 0 amide bonds. The summed E-state index contributed by atoms with van der Waals surface area (Å²) >= 11 is 0. The Morgan fingerprint density at radius 1 is 0.942 bits per heavy atom. The van der Waals surface area contributed by atoms with E-state index in [1.54, 1.807) is 24.3 Å². The lowest BCUT2D eigenvalue weighted by Gasteiger charge is -2.38. The van der Waals surface area contributed by atoms with Gasteiger partial charge < -0.3 is 35.5 Å². The molecule has 282 valence electrons. The standard InChI is InChI=1S/C38H49N3O9S2/c1-2-48-34-11-8-28(27-6-9-29(10-7-27)38(39)14-15-38)20-35(34)52(46,47)41-18-16-36(17-19-41)22-30(24-50-36)40-23-31(43)25-49-32-4-3-5-33(21-32)51(44,45)37(26-42)12-13-37/h3-11,20-21,30-31,40,42-43H,2,12-19,22-26,39H2,1H3. The molecule has 14 heteroatoms. The van der Waals surface area contributed by atoms with Gasteiger partial charge in [0.2, 0.25) is 10.0 Å². The number of sulfonamides is 1. The van der Waals surface area contributed by atoms with Crippen molar-refractivity contribution in [3.05, 3.63) is 72.3 Å². The van der Waals surface area contributed by atoms with Crippen molar-refractivity contribution in [2.24, 2.45) is 5.73 Å². The van der Waals surface area contributed by atoms with E-state index in [2.05, 4.69) is 5.32 Å². The van der Waals surface area contributed by atoms with Crippen LogP contribution >= 0.6 is 0 Å². The van der Waals surface area contributed by atoms with Crippen LogP contribution in [0.2, 0.25) is 0 Å². The first-order valence-electron chi connectivity index (χ1n) is 18.1. The fraction of sp³-hybridized carbons (Fsp3) is 0.526.